The van der Waals surface area contributed by atoms with Gasteiger partial charge in [0.25, 0.3) is 0 Å². The number of benzene rings is 1. The number of nitrogens with two attached hydrogens (primary N) is 1. The Labute approximate surface area is 114 Å². The Kier molecular flexibility index (Phi) is 4.27. The van der Waals surface area contributed by atoms with E-state index in [1.54, 1.807) is 12.1 Å². The van der Waals surface area contributed by atoms with E-state index < -0.39 is 0 Å². The summed E-state index contributed by atoms with van der Waals surface area (Å²) >= 11 is 0. The third-order valence-corrected chi connectivity index (χ3v) is 3.62. The fourth-order valence-electron chi connectivity index (χ4n) is 2.42. The van der Waals surface area contributed by atoms with Crippen molar-refractivity contribution in [1.29, 1.82) is 0 Å². The second-order valence-corrected chi connectivity index (χ2v) is 4.98. The van der Waals surface area contributed by atoms with E-state index in [1.807, 2.05) is 17.0 Å². The predicted octanol–water partition coefficient (Wildman–Crippen LogP) is 1.83. The molecule has 3 N–H and O–H groups in total. The van der Waals surface area contributed by atoms with E-state index in [4.69, 9.17) is 5.73 Å². The van der Waals surface area contributed by atoms with Gasteiger partial charge >= 0.3 is 6.03 Å². The van der Waals surface area contributed by atoms with Crippen LogP contribution in [0.3, 0.4) is 0 Å². The minimum atomic E-state index is -0.0348. The highest BCUT2D eigenvalue weighted by atomic mass is 16.2. The Hall–Kier alpha value is -1.75. The molecule has 1 saturated heterocycles. The van der Waals surface area contributed by atoms with Gasteiger partial charge in [-0.3, -0.25) is 4.90 Å². The van der Waals surface area contributed by atoms with E-state index >= 15 is 0 Å². The van der Waals surface area contributed by atoms with Crippen LogP contribution in [-0.4, -0.2) is 48.1 Å². The Balaban J connectivity index is 1.92. The van der Waals surface area contributed by atoms with Crippen LogP contribution in [0.25, 0.3) is 0 Å². The number of rotatable bonds is 2. The molecular formula is C14H22N4O. The molecule has 1 aliphatic heterocycles. The van der Waals surface area contributed by atoms with Gasteiger partial charge in [-0.1, -0.05) is 6.92 Å². The van der Waals surface area contributed by atoms with Crippen LogP contribution in [0.1, 0.15) is 13.8 Å². The molecule has 1 heterocycles. The SMILES string of the molecule is CCN1CCN(C(=O)Nc2ccc(N)cc2)CC1C. The van der Waals surface area contributed by atoms with Gasteiger partial charge in [0, 0.05) is 37.1 Å². The average molecular weight is 262 g/mol. The highest BCUT2D eigenvalue weighted by molar-refractivity contribution is 5.89. The Bertz CT molecular complexity index is 432. The van der Waals surface area contributed by atoms with Gasteiger partial charge in [-0.05, 0) is 37.7 Å². The fraction of sp³-hybridized carbons (Fsp3) is 0.500. The van der Waals surface area contributed by atoms with E-state index in [1.165, 1.54) is 0 Å². The maximum atomic E-state index is 12.2. The monoisotopic (exact) mass is 262 g/mol. The molecule has 2 rings (SSSR count). The Morgan fingerprint density at radius 2 is 2.05 bits per heavy atom. The number of nitrogens with one attached hydrogen (secondary N) is 1. The zero-order valence-electron chi connectivity index (χ0n) is 11.6. The van der Waals surface area contributed by atoms with Crippen molar-refractivity contribution in [3.63, 3.8) is 0 Å². The molecule has 1 aliphatic rings. The highest BCUT2D eigenvalue weighted by Crippen LogP contribution is 2.13. The first-order valence-corrected chi connectivity index (χ1v) is 6.75. The molecule has 0 aromatic heterocycles. The molecule has 0 radical (unpaired) electrons. The third-order valence-electron chi connectivity index (χ3n) is 3.62. The van der Waals surface area contributed by atoms with Crippen LogP contribution in [0.2, 0.25) is 0 Å². The largest absolute Gasteiger partial charge is 0.399 e. The van der Waals surface area contributed by atoms with Gasteiger partial charge in [-0.25, -0.2) is 4.79 Å². The van der Waals surface area contributed by atoms with Crippen molar-refractivity contribution in [3.05, 3.63) is 24.3 Å². The van der Waals surface area contributed by atoms with E-state index in [0.29, 0.717) is 11.7 Å². The molecule has 0 aliphatic carbocycles. The number of piperazine rings is 1. The van der Waals surface area contributed by atoms with Crippen LogP contribution in [0.15, 0.2) is 24.3 Å². The molecule has 1 aromatic rings. The van der Waals surface area contributed by atoms with Crippen molar-refractivity contribution in [3.8, 4) is 0 Å². The lowest BCUT2D eigenvalue weighted by atomic mass is 10.2. The van der Waals surface area contributed by atoms with Gasteiger partial charge in [0.15, 0.2) is 0 Å². The normalized spacial score (nSPS) is 20.3. The summed E-state index contributed by atoms with van der Waals surface area (Å²) in [6.45, 7) is 7.84. The molecule has 0 spiro atoms. The third kappa shape index (κ3) is 3.38. The lowest BCUT2D eigenvalue weighted by Crippen LogP contribution is -2.54. The number of likely N-dealkylation sites (N-methyl/N-ethyl adjacent to an activating group) is 1. The summed E-state index contributed by atoms with van der Waals surface area (Å²) in [7, 11) is 0. The van der Waals surface area contributed by atoms with Crippen molar-refractivity contribution in [1.82, 2.24) is 9.80 Å². The van der Waals surface area contributed by atoms with E-state index in [0.717, 1.165) is 31.9 Å². The average Bonchev–Trinajstić information content (AvgIpc) is 2.41. The number of carbonyl (C=O) groups is 1. The molecule has 1 fully saturated rings. The van der Waals surface area contributed by atoms with Crippen molar-refractivity contribution in [2.75, 3.05) is 37.2 Å². The minimum absolute atomic E-state index is 0.0348. The summed E-state index contributed by atoms with van der Waals surface area (Å²) in [5, 5.41) is 2.91. The number of anilines is 2. The number of carbonyl (C=O) groups excluding carboxylic acids is 1. The number of hydrogen-bond donors (Lipinski definition) is 2. The van der Waals surface area contributed by atoms with Gasteiger partial charge < -0.3 is 16.0 Å². The molecular weight excluding hydrogens is 240 g/mol. The molecule has 5 heteroatoms. The topological polar surface area (TPSA) is 61.6 Å². The molecule has 5 nitrogen and oxygen atoms in total. The summed E-state index contributed by atoms with van der Waals surface area (Å²) in [6, 6.07) is 7.58. The second kappa shape index (κ2) is 5.93. The van der Waals surface area contributed by atoms with Crippen molar-refractivity contribution in [2.24, 2.45) is 0 Å². The van der Waals surface area contributed by atoms with Crippen LogP contribution in [0, 0.1) is 0 Å². The van der Waals surface area contributed by atoms with Gasteiger partial charge in [0.05, 0.1) is 0 Å². The zero-order chi connectivity index (χ0) is 13.8. The lowest BCUT2D eigenvalue weighted by molar-refractivity contribution is 0.108. The van der Waals surface area contributed by atoms with Crippen LogP contribution >= 0.6 is 0 Å². The van der Waals surface area contributed by atoms with Gasteiger partial charge in [-0.15, -0.1) is 0 Å². The maximum absolute atomic E-state index is 12.2. The van der Waals surface area contributed by atoms with E-state index in [2.05, 4.69) is 24.1 Å². The Morgan fingerprint density at radius 3 is 2.63 bits per heavy atom. The van der Waals surface area contributed by atoms with Crippen LogP contribution < -0.4 is 11.1 Å². The molecule has 0 saturated carbocycles. The molecule has 1 aromatic carbocycles. The van der Waals surface area contributed by atoms with Crippen LogP contribution in [-0.2, 0) is 0 Å². The van der Waals surface area contributed by atoms with Gasteiger partial charge in [0.1, 0.15) is 0 Å². The number of amides is 2. The maximum Gasteiger partial charge on any atom is 0.321 e. The molecule has 104 valence electrons. The summed E-state index contributed by atoms with van der Waals surface area (Å²) in [5.41, 5.74) is 7.10. The summed E-state index contributed by atoms with van der Waals surface area (Å²) in [6.07, 6.45) is 0. The molecule has 1 unspecified atom stereocenters. The molecule has 1 atom stereocenters. The number of hydrogen-bond acceptors (Lipinski definition) is 3. The van der Waals surface area contributed by atoms with E-state index in [-0.39, 0.29) is 6.03 Å². The smallest absolute Gasteiger partial charge is 0.321 e. The summed E-state index contributed by atoms with van der Waals surface area (Å²) < 4.78 is 0. The molecule has 19 heavy (non-hydrogen) atoms. The minimum Gasteiger partial charge on any atom is -0.399 e. The lowest BCUT2D eigenvalue weighted by Gasteiger charge is -2.39. The van der Waals surface area contributed by atoms with E-state index in [9.17, 15) is 4.79 Å². The van der Waals surface area contributed by atoms with Gasteiger partial charge in [-0.2, -0.15) is 0 Å². The number of nitrogen functional groups attached to an aromatic ring is 1. The first-order valence-electron chi connectivity index (χ1n) is 6.75. The van der Waals surface area contributed by atoms with Crippen molar-refractivity contribution in [2.45, 2.75) is 19.9 Å². The Morgan fingerprint density at radius 1 is 1.37 bits per heavy atom. The quantitative estimate of drug-likeness (QED) is 0.799. The molecule has 2 amide bonds. The second-order valence-electron chi connectivity index (χ2n) is 4.98. The highest BCUT2D eigenvalue weighted by Gasteiger charge is 2.25. The fourth-order valence-corrected chi connectivity index (χ4v) is 2.42. The first-order chi connectivity index (χ1) is 9.10. The van der Waals surface area contributed by atoms with Gasteiger partial charge in [0.2, 0.25) is 0 Å². The summed E-state index contributed by atoms with van der Waals surface area (Å²) in [4.78, 5) is 16.4. The summed E-state index contributed by atoms with van der Waals surface area (Å²) in [5.74, 6) is 0. The number of nitrogens with zero attached hydrogens (tertiary/aromatic N) is 2. The van der Waals surface area contributed by atoms with Crippen molar-refractivity contribution >= 4 is 17.4 Å². The zero-order valence-corrected chi connectivity index (χ0v) is 11.6. The van der Waals surface area contributed by atoms with Crippen molar-refractivity contribution < 1.29 is 4.79 Å². The molecule has 0 bridgehead atoms. The standard InChI is InChI=1S/C14H22N4O/c1-3-17-8-9-18(10-11(17)2)14(19)16-13-6-4-12(15)5-7-13/h4-7,11H,3,8-10,15H2,1-2H3,(H,16,19). The van der Waals surface area contributed by atoms with Crippen LogP contribution in [0.4, 0.5) is 16.2 Å². The predicted molar refractivity (Wildman–Crippen MR) is 78.2 cm³/mol. The number of urea groups is 1. The first kappa shape index (κ1) is 13.7. The van der Waals surface area contributed by atoms with Crippen LogP contribution in [0.5, 0.6) is 0 Å².